The molecular weight excluding hydrogens is 368 g/mol. The van der Waals surface area contributed by atoms with E-state index in [0.29, 0.717) is 42.4 Å². The summed E-state index contributed by atoms with van der Waals surface area (Å²) < 4.78 is 39.1. The van der Waals surface area contributed by atoms with Crippen LogP contribution in [0.5, 0.6) is 11.5 Å². The molecule has 1 fully saturated rings. The van der Waals surface area contributed by atoms with Crippen LogP contribution in [-0.4, -0.2) is 34.6 Å². The highest BCUT2D eigenvalue weighted by Gasteiger charge is 2.27. The van der Waals surface area contributed by atoms with Crippen LogP contribution in [0.25, 0.3) is 0 Å². The molecule has 1 aliphatic heterocycles. The van der Waals surface area contributed by atoms with Crippen LogP contribution in [0.3, 0.4) is 0 Å². The van der Waals surface area contributed by atoms with Gasteiger partial charge in [0.05, 0.1) is 30.0 Å². The number of amides is 1. The SMILES string of the molecule is CCOc1ccccc1NS(=O)(=O)c1ccc(OC)c(N2CCCC2=O)c1. The molecule has 1 N–H and O–H groups in total. The van der Waals surface area contributed by atoms with Gasteiger partial charge in [-0.15, -0.1) is 0 Å². The molecule has 0 spiro atoms. The van der Waals surface area contributed by atoms with Crippen molar-refractivity contribution in [3.8, 4) is 11.5 Å². The van der Waals surface area contributed by atoms with Gasteiger partial charge in [0, 0.05) is 13.0 Å². The molecule has 2 aromatic rings. The van der Waals surface area contributed by atoms with E-state index in [9.17, 15) is 13.2 Å². The molecule has 0 bridgehead atoms. The van der Waals surface area contributed by atoms with Crippen LogP contribution >= 0.6 is 0 Å². The Labute approximate surface area is 158 Å². The quantitative estimate of drug-likeness (QED) is 0.786. The number of para-hydroxylation sites is 2. The van der Waals surface area contributed by atoms with Crippen LogP contribution in [0.2, 0.25) is 0 Å². The van der Waals surface area contributed by atoms with Gasteiger partial charge in [0.1, 0.15) is 11.5 Å². The number of ether oxygens (including phenoxy) is 2. The number of methoxy groups -OCH3 is 1. The zero-order valence-electron chi connectivity index (χ0n) is 15.3. The first-order valence-electron chi connectivity index (χ1n) is 8.69. The molecule has 27 heavy (non-hydrogen) atoms. The molecule has 1 aliphatic rings. The number of benzene rings is 2. The average Bonchev–Trinajstić information content (AvgIpc) is 3.08. The Kier molecular flexibility index (Phi) is 5.55. The van der Waals surface area contributed by atoms with Crippen LogP contribution in [0, 0.1) is 0 Å². The van der Waals surface area contributed by atoms with Crippen molar-refractivity contribution in [3.05, 3.63) is 42.5 Å². The average molecular weight is 390 g/mol. The smallest absolute Gasteiger partial charge is 0.262 e. The van der Waals surface area contributed by atoms with Crippen LogP contribution in [0.4, 0.5) is 11.4 Å². The second-order valence-corrected chi connectivity index (χ2v) is 7.70. The fraction of sp³-hybridized carbons (Fsp3) is 0.316. The maximum absolute atomic E-state index is 12.9. The Morgan fingerprint density at radius 2 is 1.93 bits per heavy atom. The van der Waals surface area contributed by atoms with Gasteiger partial charge in [-0.25, -0.2) is 8.42 Å². The number of nitrogens with one attached hydrogen (secondary N) is 1. The van der Waals surface area contributed by atoms with Gasteiger partial charge in [-0.05, 0) is 43.7 Å². The summed E-state index contributed by atoms with van der Waals surface area (Å²) in [7, 11) is -2.38. The molecule has 0 atom stereocenters. The zero-order valence-corrected chi connectivity index (χ0v) is 16.1. The summed E-state index contributed by atoms with van der Waals surface area (Å²) in [5.74, 6) is 0.864. The van der Waals surface area contributed by atoms with Crippen molar-refractivity contribution in [1.29, 1.82) is 0 Å². The van der Waals surface area contributed by atoms with E-state index < -0.39 is 10.0 Å². The van der Waals surface area contributed by atoms with Crippen molar-refractivity contribution in [2.24, 2.45) is 0 Å². The molecule has 0 aromatic heterocycles. The van der Waals surface area contributed by atoms with E-state index in [1.165, 1.54) is 19.2 Å². The van der Waals surface area contributed by atoms with Gasteiger partial charge in [0.2, 0.25) is 5.91 Å². The van der Waals surface area contributed by atoms with Crippen LogP contribution in [0.1, 0.15) is 19.8 Å². The standard InChI is InChI=1S/C19H22N2O5S/c1-3-26-17-8-5-4-7-15(17)20-27(23,24)14-10-11-18(25-2)16(13-14)21-12-6-9-19(21)22/h4-5,7-8,10-11,13,20H,3,6,9,12H2,1-2H3. The van der Waals surface area contributed by atoms with Gasteiger partial charge < -0.3 is 14.4 Å². The number of anilines is 2. The van der Waals surface area contributed by atoms with Crippen molar-refractivity contribution in [2.45, 2.75) is 24.7 Å². The van der Waals surface area contributed by atoms with Crippen LogP contribution in [0.15, 0.2) is 47.4 Å². The van der Waals surface area contributed by atoms with Crippen molar-refractivity contribution < 1.29 is 22.7 Å². The van der Waals surface area contributed by atoms with Gasteiger partial charge in [0.15, 0.2) is 0 Å². The maximum atomic E-state index is 12.9. The molecule has 0 aliphatic carbocycles. The van der Waals surface area contributed by atoms with Crippen molar-refractivity contribution >= 4 is 27.3 Å². The first-order valence-corrected chi connectivity index (χ1v) is 10.2. The highest BCUT2D eigenvalue weighted by atomic mass is 32.2. The van der Waals surface area contributed by atoms with Crippen LogP contribution < -0.4 is 19.1 Å². The molecular formula is C19H22N2O5S. The first-order chi connectivity index (χ1) is 13.0. The third-order valence-corrected chi connectivity index (χ3v) is 5.62. The molecule has 144 valence electrons. The minimum atomic E-state index is -3.87. The van der Waals surface area contributed by atoms with Gasteiger partial charge in [0.25, 0.3) is 10.0 Å². The summed E-state index contributed by atoms with van der Waals surface area (Å²) in [6.45, 7) is 2.79. The zero-order chi connectivity index (χ0) is 19.4. The highest BCUT2D eigenvalue weighted by Crippen LogP contribution is 2.34. The highest BCUT2D eigenvalue weighted by molar-refractivity contribution is 7.92. The number of nitrogens with zero attached hydrogens (tertiary/aromatic N) is 1. The van der Waals surface area contributed by atoms with E-state index >= 15 is 0 Å². The minimum Gasteiger partial charge on any atom is -0.495 e. The van der Waals surface area contributed by atoms with Gasteiger partial charge in [-0.3, -0.25) is 9.52 Å². The largest absolute Gasteiger partial charge is 0.495 e. The monoisotopic (exact) mass is 390 g/mol. The molecule has 0 radical (unpaired) electrons. The minimum absolute atomic E-state index is 0.0440. The number of rotatable bonds is 7. The Hall–Kier alpha value is -2.74. The molecule has 1 amide bonds. The number of carbonyl (C=O) groups excluding carboxylic acids is 1. The fourth-order valence-corrected chi connectivity index (χ4v) is 4.08. The summed E-state index contributed by atoms with van der Waals surface area (Å²) in [4.78, 5) is 13.7. The molecule has 7 nitrogen and oxygen atoms in total. The summed E-state index contributed by atoms with van der Waals surface area (Å²) >= 11 is 0. The van der Waals surface area contributed by atoms with E-state index in [0.717, 1.165) is 6.42 Å². The van der Waals surface area contributed by atoms with Gasteiger partial charge in [-0.2, -0.15) is 0 Å². The molecule has 1 heterocycles. The number of carbonyl (C=O) groups is 1. The normalized spacial score (nSPS) is 14.3. The molecule has 8 heteroatoms. The number of hydrogen-bond acceptors (Lipinski definition) is 5. The molecule has 0 saturated carbocycles. The first kappa shape index (κ1) is 19.0. The number of sulfonamides is 1. The predicted molar refractivity (Wildman–Crippen MR) is 103 cm³/mol. The lowest BCUT2D eigenvalue weighted by molar-refractivity contribution is -0.117. The van der Waals surface area contributed by atoms with E-state index in [-0.39, 0.29) is 10.8 Å². The Morgan fingerprint density at radius 1 is 1.15 bits per heavy atom. The lowest BCUT2D eigenvalue weighted by Gasteiger charge is -2.20. The lowest BCUT2D eigenvalue weighted by atomic mass is 10.2. The Balaban J connectivity index is 1.96. The second kappa shape index (κ2) is 7.87. The van der Waals surface area contributed by atoms with Crippen molar-refractivity contribution in [1.82, 2.24) is 0 Å². The van der Waals surface area contributed by atoms with E-state index in [1.807, 2.05) is 6.92 Å². The topological polar surface area (TPSA) is 84.9 Å². The maximum Gasteiger partial charge on any atom is 0.262 e. The summed E-state index contributed by atoms with van der Waals surface area (Å²) in [6.07, 6.45) is 1.18. The van der Waals surface area contributed by atoms with E-state index in [1.54, 1.807) is 35.2 Å². The third-order valence-electron chi connectivity index (χ3n) is 4.26. The van der Waals surface area contributed by atoms with Gasteiger partial charge in [-0.1, -0.05) is 12.1 Å². The molecule has 3 rings (SSSR count). The third kappa shape index (κ3) is 4.00. The molecule has 1 saturated heterocycles. The summed E-state index contributed by atoms with van der Waals surface area (Å²) in [5, 5.41) is 0. The lowest BCUT2D eigenvalue weighted by Crippen LogP contribution is -2.25. The summed E-state index contributed by atoms with van der Waals surface area (Å²) in [5.41, 5.74) is 0.815. The number of hydrogen-bond donors (Lipinski definition) is 1. The van der Waals surface area contributed by atoms with Crippen molar-refractivity contribution in [3.63, 3.8) is 0 Å². The van der Waals surface area contributed by atoms with Gasteiger partial charge >= 0.3 is 0 Å². The predicted octanol–water partition coefficient (Wildman–Crippen LogP) is 3.02. The Morgan fingerprint density at radius 3 is 2.59 bits per heavy atom. The van der Waals surface area contributed by atoms with Crippen LogP contribution in [-0.2, 0) is 14.8 Å². The molecule has 0 unspecified atom stereocenters. The summed E-state index contributed by atoms with van der Waals surface area (Å²) in [6, 6.07) is 11.3. The second-order valence-electron chi connectivity index (χ2n) is 6.02. The Bertz CT molecular complexity index is 943. The van der Waals surface area contributed by atoms with Crippen molar-refractivity contribution in [2.75, 3.05) is 29.9 Å². The van der Waals surface area contributed by atoms with E-state index in [4.69, 9.17) is 9.47 Å². The fourth-order valence-electron chi connectivity index (χ4n) is 2.99. The molecule has 2 aromatic carbocycles. The van der Waals surface area contributed by atoms with E-state index in [2.05, 4.69) is 4.72 Å².